The molecule has 0 unspecified atom stereocenters. The van der Waals surface area contributed by atoms with Crippen LogP contribution in [0.25, 0.3) is 0 Å². The summed E-state index contributed by atoms with van der Waals surface area (Å²) in [5.41, 5.74) is 3.11. The van der Waals surface area contributed by atoms with Gasteiger partial charge in [0.2, 0.25) is 0 Å². The number of methoxy groups -OCH3 is 1. The van der Waals surface area contributed by atoms with Crippen LogP contribution in [-0.2, 0) is 0 Å². The number of carbonyl (C=O) groups is 1. The summed E-state index contributed by atoms with van der Waals surface area (Å²) in [6.07, 6.45) is 0. The molecule has 0 saturated heterocycles. The molecule has 0 fully saturated rings. The van der Waals surface area contributed by atoms with Gasteiger partial charge in [-0.1, -0.05) is 12.1 Å². The zero-order valence-electron chi connectivity index (χ0n) is 12.9. The van der Waals surface area contributed by atoms with E-state index in [1.807, 2.05) is 51.1 Å². The average Bonchev–Trinajstić information content (AvgIpc) is 2.49. The van der Waals surface area contributed by atoms with Crippen LogP contribution in [0.5, 0.6) is 11.5 Å². The molecule has 0 aliphatic rings. The number of rotatable bonds is 5. The fourth-order valence-corrected chi connectivity index (χ4v) is 2.33. The molecule has 0 aromatic heterocycles. The molecule has 0 aliphatic carbocycles. The Morgan fingerprint density at radius 1 is 1.00 bits per heavy atom. The van der Waals surface area contributed by atoms with Gasteiger partial charge in [0.05, 0.1) is 19.3 Å². The van der Waals surface area contributed by atoms with Crippen LogP contribution in [-0.4, -0.2) is 19.5 Å². The number of aryl methyl sites for hydroxylation is 2. The van der Waals surface area contributed by atoms with Gasteiger partial charge in [-0.25, -0.2) is 0 Å². The van der Waals surface area contributed by atoms with Crippen molar-refractivity contribution in [1.82, 2.24) is 0 Å². The van der Waals surface area contributed by atoms with Crippen LogP contribution in [0.2, 0.25) is 0 Å². The summed E-state index contributed by atoms with van der Waals surface area (Å²) in [6, 6.07) is 11.1. The standard InChI is InChI=1S/C18H20O3/c1-5-21-16-9-7-6-8-14(16)18(19)15-10-13(3)17(20-4)11-12(15)2/h6-11H,5H2,1-4H3. The Labute approximate surface area is 125 Å². The molecule has 0 heterocycles. The lowest BCUT2D eigenvalue weighted by Gasteiger charge is -2.13. The predicted octanol–water partition coefficient (Wildman–Crippen LogP) is 3.94. The van der Waals surface area contributed by atoms with Crippen molar-refractivity contribution in [3.8, 4) is 11.5 Å². The zero-order valence-corrected chi connectivity index (χ0v) is 12.9. The fraction of sp³-hybridized carbons (Fsp3) is 0.278. The van der Waals surface area contributed by atoms with Crippen molar-refractivity contribution in [2.75, 3.05) is 13.7 Å². The summed E-state index contributed by atoms with van der Waals surface area (Å²) in [5.74, 6) is 1.39. The highest BCUT2D eigenvalue weighted by molar-refractivity contribution is 6.11. The molecular weight excluding hydrogens is 264 g/mol. The molecule has 0 spiro atoms. The summed E-state index contributed by atoms with van der Waals surface area (Å²) in [5, 5.41) is 0. The first-order valence-corrected chi connectivity index (χ1v) is 7.00. The number of benzene rings is 2. The van der Waals surface area contributed by atoms with Gasteiger partial charge < -0.3 is 9.47 Å². The van der Waals surface area contributed by atoms with Crippen LogP contribution in [0, 0.1) is 13.8 Å². The van der Waals surface area contributed by atoms with Crippen LogP contribution in [0.15, 0.2) is 36.4 Å². The highest BCUT2D eigenvalue weighted by Gasteiger charge is 2.17. The molecule has 2 rings (SSSR count). The predicted molar refractivity (Wildman–Crippen MR) is 83.5 cm³/mol. The molecule has 3 heteroatoms. The van der Waals surface area contributed by atoms with E-state index in [-0.39, 0.29) is 5.78 Å². The van der Waals surface area contributed by atoms with Crippen LogP contribution in [0.3, 0.4) is 0 Å². The molecule has 0 atom stereocenters. The van der Waals surface area contributed by atoms with E-state index < -0.39 is 0 Å². The molecule has 21 heavy (non-hydrogen) atoms. The van der Waals surface area contributed by atoms with Crippen molar-refractivity contribution >= 4 is 5.78 Å². The SMILES string of the molecule is CCOc1ccccc1C(=O)c1cc(C)c(OC)cc1C. The Hall–Kier alpha value is -2.29. The first-order valence-electron chi connectivity index (χ1n) is 7.00. The van der Waals surface area contributed by atoms with Gasteiger partial charge in [0.1, 0.15) is 11.5 Å². The molecule has 0 saturated carbocycles. The van der Waals surface area contributed by atoms with Gasteiger partial charge in [-0.05, 0) is 56.2 Å². The maximum absolute atomic E-state index is 12.8. The van der Waals surface area contributed by atoms with Crippen LogP contribution in [0.1, 0.15) is 34.0 Å². The molecule has 0 amide bonds. The van der Waals surface area contributed by atoms with Crippen LogP contribution >= 0.6 is 0 Å². The summed E-state index contributed by atoms with van der Waals surface area (Å²) in [7, 11) is 1.63. The average molecular weight is 284 g/mol. The van der Waals surface area contributed by atoms with E-state index in [2.05, 4.69) is 0 Å². The second kappa shape index (κ2) is 6.44. The van der Waals surface area contributed by atoms with Gasteiger partial charge in [-0.3, -0.25) is 4.79 Å². The first-order chi connectivity index (χ1) is 10.1. The third-order valence-electron chi connectivity index (χ3n) is 3.42. The van der Waals surface area contributed by atoms with E-state index in [1.54, 1.807) is 13.2 Å². The quantitative estimate of drug-likeness (QED) is 0.780. The smallest absolute Gasteiger partial charge is 0.197 e. The van der Waals surface area contributed by atoms with Crippen molar-refractivity contribution in [1.29, 1.82) is 0 Å². The number of carbonyl (C=O) groups excluding carboxylic acids is 1. The Bertz CT molecular complexity index is 660. The lowest BCUT2D eigenvalue weighted by molar-refractivity contribution is 0.103. The minimum Gasteiger partial charge on any atom is -0.496 e. The normalized spacial score (nSPS) is 10.3. The minimum absolute atomic E-state index is 0.0256. The Morgan fingerprint density at radius 2 is 1.71 bits per heavy atom. The highest BCUT2D eigenvalue weighted by Crippen LogP contribution is 2.27. The topological polar surface area (TPSA) is 35.5 Å². The minimum atomic E-state index is -0.0256. The molecule has 0 aliphatic heterocycles. The zero-order chi connectivity index (χ0) is 15.4. The Morgan fingerprint density at radius 3 is 2.38 bits per heavy atom. The van der Waals surface area contributed by atoms with E-state index in [0.717, 1.165) is 16.9 Å². The molecule has 110 valence electrons. The summed E-state index contributed by atoms with van der Waals surface area (Å²) < 4.78 is 10.8. The van der Waals surface area contributed by atoms with Gasteiger partial charge in [0, 0.05) is 5.56 Å². The monoisotopic (exact) mass is 284 g/mol. The number of hydrogen-bond donors (Lipinski definition) is 0. The van der Waals surface area contributed by atoms with Crippen LogP contribution < -0.4 is 9.47 Å². The fourth-order valence-electron chi connectivity index (χ4n) is 2.33. The molecule has 2 aromatic carbocycles. The largest absolute Gasteiger partial charge is 0.496 e. The second-order valence-corrected chi connectivity index (χ2v) is 4.90. The number of para-hydroxylation sites is 1. The van der Waals surface area contributed by atoms with E-state index in [9.17, 15) is 4.79 Å². The summed E-state index contributed by atoms with van der Waals surface area (Å²) >= 11 is 0. The molecule has 0 bridgehead atoms. The van der Waals surface area contributed by atoms with Crippen LogP contribution in [0.4, 0.5) is 0 Å². The number of hydrogen-bond acceptors (Lipinski definition) is 3. The molecule has 0 N–H and O–H groups in total. The van der Waals surface area contributed by atoms with Gasteiger partial charge in [-0.2, -0.15) is 0 Å². The van der Waals surface area contributed by atoms with Crippen molar-refractivity contribution < 1.29 is 14.3 Å². The molecular formula is C18H20O3. The summed E-state index contributed by atoms with van der Waals surface area (Å²) in [6.45, 7) is 6.29. The third kappa shape index (κ3) is 3.07. The number of ether oxygens (including phenoxy) is 2. The van der Waals surface area contributed by atoms with Gasteiger partial charge >= 0.3 is 0 Å². The highest BCUT2D eigenvalue weighted by atomic mass is 16.5. The molecule has 3 nitrogen and oxygen atoms in total. The van der Waals surface area contributed by atoms with Gasteiger partial charge in [0.15, 0.2) is 5.78 Å². The molecule has 0 radical (unpaired) electrons. The number of ketones is 1. The maximum atomic E-state index is 12.8. The van der Waals surface area contributed by atoms with Crippen molar-refractivity contribution in [2.24, 2.45) is 0 Å². The molecule has 2 aromatic rings. The van der Waals surface area contributed by atoms with Crippen molar-refractivity contribution in [3.63, 3.8) is 0 Å². The first kappa shape index (κ1) is 15.1. The van der Waals surface area contributed by atoms with Gasteiger partial charge in [0.25, 0.3) is 0 Å². The van der Waals surface area contributed by atoms with Crippen molar-refractivity contribution in [3.05, 3.63) is 58.7 Å². The van der Waals surface area contributed by atoms with Gasteiger partial charge in [-0.15, -0.1) is 0 Å². The van der Waals surface area contributed by atoms with E-state index in [0.29, 0.717) is 23.5 Å². The lowest BCUT2D eigenvalue weighted by Crippen LogP contribution is -2.08. The second-order valence-electron chi connectivity index (χ2n) is 4.90. The van der Waals surface area contributed by atoms with E-state index >= 15 is 0 Å². The van der Waals surface area contributed by atoms with E-state index in [4.69, 9.17) is 9.47 Å². The van der Waals surface area contributed by atoms with Crippen molar-refractivity contribution in [2.45, 2.75) is 20.8 Å². The Balaban J connectivity index is 2.48. The maximum Gasteiger partial charge on any atom is 0.197 e. The third-order valence-corrected chi connectivity index (χ3v) is 3.42. The van der Waals surface area contributed by atoms with E-state index in [1.165, 1.54) is 0 Å². The lowest BCUT2D eigenvalue weighted by atomic mass is 9.96. The Kier molecular flexibility index (Phi) is 4.63. The summed E-state index contributed by atoms with van der Waals surface area (Å²) in [4.78, 5) is 12.8.